The van der Waals surface area contributed by atoms with Crippen molar-refractivity contribution in [3.05, 3.63) is 41.1 Å². The minimum Gasteiger partial charge on any atom is -0.390 e. The normalized spacial score (nSPS) is 17.6. The molecule has 0 aromatic heterocycles. The average molecular weight is 381 g/mol. The van der Waals surface area contributed by atoms with Crippen molar-refractivity contribution in [1.29, 1.82) is 0 Å². The van der Waals surface area contributed by atoms with Crippen molar-refractivity contribution in [2.75, 3.05) is 33.2 Å². The molecule has 0 saturated carbocycles. The Morgan fingerprint density at radius 1 is 1.22 bits per heavy atom. The number of hydrogen-bond donors (Lipinski definition) is 1. The van der Waals surface area contributed by atoms with Crippen LogP contribution in [0.15, 0.2) is 45.5 Å². The molecule has 0 unspecified atom stereocenters. The number of piperazine rings is 1. The number of amides is 1. The van der Waals surface area contributed by atoms with Crippen molar-refractivity contribution in [2.24, 2.45) is 15.7 Å². The third-order valence-electron chi connectivity index (χ3n) is 4.19. The Morgan fingerprint density at radius 3 is 2.48 bits per heavy atom. The van der Waals surface area contributed by atoms with Gasteiger partial charge in [-0.2, -0.15) is 13.2 Å². The van der Waals surface area contributed by atoms with E-state index in [1.807, 2.05) is 7.05 Å². The van der Waals surface area contributed by atoms with Gasteiger partial charge >= 0.3 is 6.18 Å². The molecule has 0 spiro atoms. The van der Waals surface area contributed by atoms with Crippen LogP contribution in [0.3, 0.4) is 0 Å². The fraction of sp³-hybridized carbons (Fsp3) is 0.389. The van der Waals surface area contributed by atoms with Crippen LogP contribution in [0.5, 0.6) is 0 Å². The van der Waals surface area contributed by atoms with E-state index < -0.39 is 11.7 Å². The number of alkyl halides is 3. The number of rotatable bonds is 4. The summed E-state index contributed by atoms with van der Waals surface area (Å²) in [4.78, 5) is 23.8. The SMILES string of the molecule is C/C(N=CN)=C(/C=Nc1cccc(C(=O)N2CCN(C)CC2)c1)C(F)(F)F. The Bertz CT molecular complexity index is 763. The Hall–Kier alpha value is -2.68. The molecule has 27 heavy (non-hydrogen) atoms. The Kier molecular flexibility index (Phi) is 6.73. The summed E-state index contributed by atoms with van der Waals surface area (Å²) < 4.78 is 39.4. The van der Waals surface area contributed by atoms with Crippen LogP contribution in [0, 0.1) is 0 Å². The zero-order valence-electron chi connectivity index (χ0n) is 15.2. The van der Waals surface area contributed by atoms with E-state index in [9.17, 15) is 18.0 Å². The van der Waals surface area contributed by atoms with Gasteiger partial charge in [0, 0.05) is 38.0 Å². The molecule has 1 aliphatic heterocycles. The van der Waals surface area contributed by atoms with Crippen LogP contribution in [0.25, 0.3) is 0 Å². The smallest absolute Gasteiger partial charge is 0.390 e. The standard InChI is InChI=1S/C18H22F3N5O/c1-13(24-12-22)16(18(19,20)21)11-23-15-5-3-4-14(10-15)17(27)26-8-6-25(2)7-9-26/h3-5,10-12H,6-9H2,1-2H3,(H2,22,24)/b16-13+,23-11?. The Morgan fingerprint density at radius 2 is 1.89 bits per heavy atom. The van der Waals surface area contributed by atoms with Crippen LogP contribution in [0.1, 0.15) is 17.3 Å². The van der Waals surface area contributed by atoms with Crippen molar-refractivity contribution in [1.82, 2.24) is 9.80 Å². The number of halogens is 3. The van der Waals surface area contributed by atoms with E-state index in [0.717, 1.165) is 19.4 Å². The quantitative estimate of drug-likeness (QED) is 0.644. The van der Waals surface area contributed by atoms with E-state index in [4.69, 9.17) is 5.73 Å². The number of likely N-dealkylation sites (N-methyl/N-ethyl adjacent to an activating group) is 1. The zero-order valence-corrected chi connectivity index (χ0v) is 15.2. The lowest BCUT2D eigenvalue weighted by atomic mass is 10.1. The minimum atomic E-state index is -4.62. The van der Waals surface area contributed by atoms with Crippen LogP contribution >= 0.6 is 0 Å². The van der Waals surface area contributed by atoms with Crippen molar-refractivity contribution in [3.8, 4) is 0 Å². The number of nitrogens with zero attached hydrogens (tertiary/aromatic N) is 4. The number of carbonyl (C=O) groups excluding carboxylic acids is 1. The van der Waals surface area contributed by atoms with Crippen molar-refractivity contribution in [3.63, 3.8) is 0 Å². The number of hydrogen-bond acceptors (Lipinski definition) is 4. The Balaban J connectivity index is 2.22. The highest BCUT2D eigenvalue weighted by molar-refractivity contribution is 5.95. The first-order chi connectivity index (χ1) is 12.7. The first-order valence-electron chi connectivity index (χ1n) is 8.36. The van der Waals surface area contributed by atoms with E-state index in [1.165, 1.54) is 19.1 Å². The molecule has 1 aromatic carbocycles. The Labute approximate surface area is 155 Å². The van der Waals surface area contributed by atoms with Gasteiger partial charge < -0.3 is 15.5 Å². The molecule has 146 valence electrons. The largest absolute Gasteiger partial charge is 0.419 e. The number of aliphatic imine (C=N–C) groups is 2. The summed E-state index contributed by atoms with van der Waals surface area (Å²) in [7, 11) is 1.99. The summed E-state index contributed by atoms with van der Waals surface area (Å²) in [5, 5.41) is 0. The van der Waals surface area contributed by atoms with E-state index >= 15 is 0 Å². The molecule has 6 nitrogen and oxygen atoms in total. The van der Waals surface area contributed by atoms with Gasteiger partial charge in [0.25, 0.3) is 5.91 Å². The van der Waals surface area contributed by atoms with Gasteiger partial charge in [0.2, 0.25) is 0 Å². The minimum absolute atomic E-state index is 0.157. The van der Waals surface area contributed by atoms with Gasteiger partial charge in [-0.05, 0) is 32.2 Å². The van der Waals surface area contributed by atoms with Gasteiger partial charge in [0.1, 0.15) is 0 Å². The lowest BCUT2D eigenvalue weighted by Crippen LogP contribution is -2.47. The first-order valence-corrected chi connectivity index (χ1v) is 8.36. The molecule has 0 aliphatic carbocycles. The van der Waals surface area contributed by atoms with Gasteiger partial charge in [-0.3, -0.25) is 9.79 Å². The maximum absolute atomic E-state index is 13.1. The molecule has 1 saturated heterocycles. The highest BCUT2D eigenvalue weighted by atomic mass is 19.4. The zero-order chi connectivity index (χ0) is 20.0. The van der Waals surface area contributed by atoms with Crippen LogP contribution in [-0.2, 0) is 0 Å². The third-order valence-corrected chi connectivity index (χ3v) is 4.19. The molecule has 1 aliphatic rings. The summed E-state index contributed by atoms with van der Waals surface area (Å²) in [5.74, 6) is -0.157. The second-order valence-corrected chi connectivity index (χ2v) is 6.18. The molecule has 2 rings (SSSR count). The molecule has 9 heteroatoms. The fourth-order valence-electron chi connectivity index (χ4n) is 2.60. The summed E-state index contributed by atoms with van der Waals surface area (Å²) in [6, 6.07) is 6.24. The molecule has 0 atom stereocenters. The molecule has 0 bridgehead atoms. The van der Waals surface area contributed by atoms with E-state index in [-0.39, 0.29) is 17.3 Å². The average Bonchev–Trinajstić information content (AvgIpc) is 2.61. The summed E-state index contributed by atoms with van der Waals surface area (Å²) >= 11 is 0. The van der Waals surface area contributed by atoms with Gasteiger partial charge in [-0.15, -0.1) is 0 Å². The van der Waals surface area contributed by atoms with E-state index in [1.54, 1.807) is 17.0 Å². The number of carbonyl (C=O) groups is 1. The number of benzene rings is 1. The van der Waals surface area contributed by atoms with E-state index in [0.29, 0.717) is 24.9 Å². The van der Waals surface area contributed by atoms with Crippen molar-refractivity contribution in [2.45, 2.75) is 13.1 Å². The summed E-state index contributed by atoms with van der Waals surface area (Å²) in [6.45, 7) is 3.99. The van der Waals surface area contributed by atoms with Crippen LogP contribution in [0.4, 0.5) is 18.9 Å². The molecule has 0 radical (unpaired) electrons. The maximum Gasteiger partial charge on any atom is 0.419 e. The lowest BCUT2D eigenvalue weighted by Gasteiger charge is -2.32. The first kappa shape index (κ1) is 20.6. The summed E-state index contributed by atoms with van der Waals surface area (Å²) in [6.07, 6.45) is -3.13. The highest BCUT2D eigenvalue weighted by Crippen LogP contribution is 2.28. The van der Waals surface area contributed by atoms with Crippen LogP contribution in [-0.4, -0.2) is 67.7 Å². The predicted molar refractivity (Wildman–Crippen MR) is 99.4 cm³/mol. The molecular weight excluding hydrogens is 359 g/mol. The lowest BCUT2D eigenvalue weighted by molar-refractivity contribution is -0.0863. The van der Waals surface area contributed by atoms with Gasteiger partial charge in [0.05, 0.1) is 23.3 Å². The number of nitrogens with two attached hydrogens (primary N) is 1. The van der Waals surface area contributed by atoms with E-state index in [2.05, 4.69) is 14.9 Å². The maximum atomic E-state index is 13.1. The second kappa shape index (κ2) is 8.81. The molecule has 1 fully saturated rings. The molecule has 1 aromatic rings. The highest BCUT2D eigenvalue weighted by Gasteiger charge is 2.34. The summed E-state index contributed by atoms with van der Waals surface area (Å²) in [5.41, 5.74) is 4.42. The van der Waals surface area contributed by atoms with Crippen LogP contribution < -0.4 is 5.73 Å². The topological polar surface area (TPSA) is 74.3 Å². The molecule has 1 heterocycles. The molecule has 2 N–H and O–H groups in total. The molecule has 1 amide bonds. The van der Waals surface area contributed by atoms with Gasteiger partial charge in [-0.1, -0.05) is 6.07 Å². The monoisotopic (exact) mass is 381 g/mol. The number of allylic oxidation sites excluding steroid dienone is 2. The van der Waals surface area contributed by atoms with Crippen LogP contribution in [0.2, 0.25) is 0 Å². The third kappa shape index (κ3) is 5.65. The fourth-order valence-corrected chi connectivity index (χ4v) is 2.60. The van der Waals surface area contributed by atoms with Gasteiger partial charge in [-0.25, -0.2) is 4.99 Å². The second-order valence-electron chi connectivity index (χ2n) is 6.18. The predicted octanol–water partition coefficient (Wildman–Crippen LogP) is 2.60. The van der Waals surface area contributed by atoms with Gasteiger partial charge in [0.15, 0.2) is 0 Å². The van der Waals surface area contributed by atoms with Crippen molar-refractivity contribution >= 4 is 24.1 Å². The van der Waals surface area contributed by atoms with Crippen molar-refractivity contribution < 1.29 is 18.0 Å². The molecular formula is C18H22F3N5O.